The van der Waals surface area contributed by atoms with E-state index in [1.54, 1.807) is 18.1 Å². The van der Waals surface area contributed by atoms with Crippen molar-refractivity contribution in [2.75, 3.05) is 0 Å². The highest BCUT2D eigenvalue weighted by molar-refractivity contribution is 7.98. The van der Waals surface area contributed by atoms with Gasteiger partial charge in [0.15, 0.2) is 5.16 Å². The summed E-state index contributed by atoms with van der Waals surface area (Å²) in [5, 5.41) is 13.4. The number of thioether (sulfide) groups is 1. The van der Waals surface area contributed by atoms with Gasteiger partial charge in [-0.3, -0.25) is 0 Å². The highest BCUT2D eigenvalue weighted by Crippen LogP contribution is 2.20. The molecule has 0 radical (unpaired) electrons. The molecule has 0 atom stereocenters. The second-order valence-electron chi connectivity index (χ2n) is 4.04. The molecule has 2 aromatic rings. The van der Waals surface area contributed by atoms with Gasteiger partial charge in [0.25, 0.3) is 0 Å². The van der Waals surface area contributed by atoms with Crippen molar-refractivity contribution in [3.63, 3.8) is 0 Å². The maximum Gasteiger partial charge on any atom is 0.191 e. The average Bonchev–Trinajstić information content (AvgIpc) is 3.02. The summed E-state index contributed by atoms with van der Waals surface area (Å²) in [7, 11) is 0. The van der Waals surface area contributed by atoms with Crippen LogP contribution in [-0.4, -0.2) is 29.5 Å². The standard InChI is InChI=1S/C11H19N7S/c1-3-5-18-10(13-8-14-18)7-19-11-16-15-9(6-12)17(11)4-2/h8H,3-7,12H2,1-2H3. The van der Waals surface area contributed by atoms with Gasteiger partial charge in [-0.1, -0.05) is 18.7 Å². The molecule has 2 rings (SSSR count). The lowest BCUT2D eigenvalue weighted by Crippen LogP contribution is -2.08. The van der Waals surface area contributed by atoms with Crippen LogP contribution in [0.4, 0.5) is 0 Å². The van der Waals surface area contributed by atoms with E-state index in [4.69, 9.17) is 5.73 Å². The fourth-order valence-electron chi connectivity index (χ4n) is 1.82. The van der Waals surface area contributed by atoms with Crippen molar-refractivity contribution >= 4 is 11.8 Å². The van der Waals surface area contributed by atoms with E-state index < -0.39 is 0 Å². The lowest BCUT2D eigenvalue weighted by Gasteiger charge is -2.06. The minimum absolute atomic E-state index is 0.410. The van der Waals surface area contributed by atoms with E-state index in [2.05, 4.69) is 34.1 Å². The first-order valence-corrected chi connectivity index (χ1v) is 7.40. The molecule has 0 saturated carbocycles. The summed E-state index contributed by atoms with van der Waals surface area (Å²) in [6.07, 6.45) is 2.64. The SMILES string of the molecule is CCCn1ncnc1CSc1nnc(CN)n1CC. The second kappa shape index (κ2) is 6.67. The molecule has 0 amide bonds. The van der Waals surface area contributed by atoms with Crippen molar-refractivity contribution in [1.82, 2.24) is 29.5 Å². The van der Waals surface area contributed by atoms with Crippen molar-refractivity contribution in [1.29, 1.82) is 0 Å². The molecule has 104 valence electrons. The zero-order valence-electron chi connectivity index (χ0n) is 11.3. The van der Waals surface area contributed by atoms with Crippen molar-refractivity contribution < 1.29 is 0 Å². The minimum atomic E-state index is 0.410. The molecule has 2 heterocycles. The first-order valence-electron chi connectivity index (χ1n) is 6.41. The lowest BCUT2D eigenvalue weighted by atomic mass is 10.5. The van der Waals surface area contributed by atoms with Crippen LogP contribution in [0.5, 0.6) is 0 Å². The number of hydrogen-bond donors (Lipinski definition) is 1. The molecule has 0 bridgehead atoms. The van der Waals surface area contributed by atoms with Crippen LogP contribution >= 0.6 is 11.8 Å². The number of aromatic nitrogens is 6. The normalized spacial score (nSPS) is 11.1. The molecule has 2 N–H and O–H groups in total. The molecule has 7 nitrogen and oxygen atoms in total. The van der Waals surface area contributed by atoms with E-state index in [-0.39, 0.29) is 0 Å². The van der Waals surface area contributed by atoms with Crippen molar-refractivity contribution in [2.45, 2.75) is 50.8 Å². The number of hydrogen-bond acceptors (Lipinski definition) is 6. The summed E-state index contributed by atoms with van der Waals surface area (Å²) in [6.45, 7) is 6.31. The Morgan fingerprint density at radius 2 is 2.11 bits per heavy atom. The molecule has 0 aliphatic carbocycles. The van der Waals surface area contributed by atoms with E-state index in [0.29, 0.717) is 6.54 Å². The van der Waals surface area contributed by atoms with Gasteiger partial charge in [0, 0.05) is 13.1 Å². The molecule has 0 aliphatic rings. The Bertz CT molecular complexity index is 519. The zero-order chi connectivity index (χ0) is 13.7. The quantitative estimate of drug-likeness (QED) is 0.763. The summed E-state index contributed by atoms with van der Waals surface area (Å²) in [6, 6.07) is 0. The molecule has 0 fully saturated rings. The second-order valence-corrected chi connectivity index (χ2v) is 4.98. The predicted octanol–water partition coefficient (Wildman–Crippen LogP) is 1.05. The summed E-state index contributed by atoms with van der Waals surface area (Å²) in [5.74, 6) is 2.52. The Balaban J connectivity index is 2.06. The largest absolute Gasteiger partial charge is 0.324 e. The van der Waals surface area contributed by atoms with E-state index in [1.807, 2.05) is 9.25 Å². The Kier molecular flexibility index (Phi) is 4.92. The Morgan fingerprint density at radius 1 is 1.26 bits per heavy atom. The van der Waals surface area contributed by atoms with Gasteiger partial charge < -0.3 is 10.3 Å². The number of nitrogens with zero attached hydrogens (tertiary/aromatic N) is 6. The van der Waals surface area contributed by atoms with Gasteiger partial charge in [-0.05, 0) is 13.3 Å². The monoisotopic (exact) mass is 281 g/mol. The van der Waals surface area contributed by atoms with Gasteiger partial charge in [0.2, 0.25) is 0 Å². The van der Waals surface area contributed by atoms with Gasteiger partial charge in [0.05, 0.1) is 12.3 Å². The molecule has 0 unspecified atom stereocenters. The summed E-state index contributed by atoms with van der Waals surface area (Å²) >= 11 is 1.62. The van der Waals surface area contributed by atoms with Crippen LogP contribution in [0.3, 0.4) is 0 Å². The Hall–Kier alpha value is -1.41. The third-order valence-corrected chi connectivity index (χ3v) is 3.72. The van der Waals surface area contributed by atoms with Crippen molar-refractivity contribution in [2.24, 2.45) is 5.73 Å². The van der Waals surface area contributed by atoms with Crippen LogP contribution in [0.25, 0.3) is 0 Å². The molecule has 0 spiro atoms. The Labute approximate surface area is 116 Å². The Morgan fingerprint density at radius 3 is 2.79 bits per heavy atom. The first kappa shape index (κ1) is 14.0. The predicted molar refractivity (Wildman–Crippen MR) is 73.5 cm³/mol. The minimum Gasteiger partial charge on any atom is -0.324 e. The number of nitrogens with two attached hydrogens (primary N) is 1. The fraction of sp³-hybridized carbons (Fsp3) is 0.636. The lowest BCUT2D eigenvalue weighted by molar-refractivity contribution is 0.581. The van der Waals surface area contributed by atoms with E-state index in [0.717, 1.165) is 42.1 Å². The maximum atomic E-state index is 5.63. The maximum absolute atomic E-state index is 5.63. The molecule has 0 saturated heterocycles. The highest BCUT2D eigenvalue weighted by Gasteiger charge is 2.12. The van der Waals surface area contributed by atoms with E-state index in [1.165, 1.54) is 0 Å². The van der Waals surface area contributed by atoms with Crippen molar-refractivity contribution in [3.05, 3.63) is 18.0 Å². The highest BCUT2D eigenvalue weighted by atomic mass is 32.2. The molecule has 0 aromatic carbocycles. The summed E-state index contributed by atoms with van der Waals surface area (Å²) in [5.41, 5.74) is 5.63. The van der Waals surface area contributed by atoms with Crippen LogP contribution < -0.4 is 5.73 Å². The summed E-state index contributed by atoms with van der Waals surface area (Å²) in [4.78, 5) is 4.28. The van der Waals surface area contributed by atoms with Crippen LogP contribution in [0.2, 0.25) is 0 Å². The van der Waals surface area contributed by atoms with Crippen LogP contribution in [0, 0.1) is 0 Å². The van der Waals surface area contributed by atoms with Gasteiger partial charge in [-0.15, -0.1) is 10.2 Å². The molecule has 2 aromatic heterocycles. The summed E-state index contributed by atoms with van der Waals surface area (Å²) < 4.78 is 3.97. The number of rotatable bonds is 7. The van der Waals surface area contributed by atoms with Crippen molar-refractivity contribution in [3.8, 4) is 0 Å². The molecular formula is C11H19N7S. The topological polar surface area (TPSA) is 87.4 Å². The fourth-order valence-corrected chi connectivity index (χ4v) is 2.79. The molecule has 8 heteroatoms. The van der Waals surface area contributed by atoms with Gasteiger partial charge in [-0.25, -0.2) is 9.67 Å². The van der Waals surface area contributed by atoms with Gasteiger partial charge in [-0.2, -0.15) is 5.10 Å². The van der Waals surface area contributed by atoms with Gasteiger partial charge in [0.1, 0.15) is 18.0 Å². The van der Waals surface area contributed by atoms with Crippen LogP contribution in [0.15, 0.2) is 11.5 Å². The third kappa shape index (κ3) is 3.13. The smallest absolute Gasteiger partial charge is 0.191 e. The number of aryl methyl sites for hydroxylation is 1. The zero-order valence-corrected chi connectivity index (χ0v) is 12.1. The molecular weight excluding hydrogens is 262 g/mol. The van der Waals surface area contributed by atoms with Crippen LogP contribution in [0.1, 0.15) is 31.9 Å². The molecule has 0 aliphatic heterocycles. The average molecular weight is 281 g/mol. The molecule has 19 heavy (non-hydrogen) atoms. The first-order chi connectivity index (χ1) is 9.30. The van der Waals surface area contributed by atoms with Crippen LogP contribution in [-0.2, 0) is 25.4 Å². The van der Waals surface area contributed by atoms with E-state index in [9.17, 15) is 0 Å². The van der Waals surface area contributed by atoms with Gasteiger partial charge >= 0.3 is 0 Å². The van der Waals surface area contributed by atoms with E-state index >= 15 is 0 Å². The third-order valence-electron chi connectivity index (χ3n) is 2.75.